The van der Waals surface area contributed by atoms with Crippen LogP contribution in [-0.2, 0) is 14.8 Å². The van der Waals surface area contributed by atoms with Gasteiger partial charge in [-0.15, -0.1) is 0 Å². The zero-order valence-electron chi connectivity index (χ0n) is 21.5. The van der Waals surface area contributed by atoms with Gasteiger partial charge in [-0.05, 0) is 74.1 Å². The maximum atomic E-state index is 13.7. The van der Waals surface area contributed by atoms with Gasteiger partial charge in [0.25, 0.3) is 10.0 Å². The van der Waals surface area contributed by atoms with E-state index < -0.39 is 10.0 Å². The van der Waals surface area contributed by atoms with E-state index in [1.54, 1.807) is 36.4 Å². The SMILES string of the molecule is CCC(NC(=O)CN(c1ccc(C(C)C)cc1)S(=O)(=O)c1ccc(C)cc1)c1ccc(C)cc1C. The minimum Gasteiger partial charge on any atom is -0.348 e. The van der Waals surface area contributed by atoms with Crippen molar-refractivity contribution in [2.24, 2.45) is 0 Å². The summed E-state index contributed by atoms with van der Waals surface area (Å²) in [6.07, 6.45) is 0.698. The van der Waals surface area contributed by atoms with E-state index in [0.29, 0.717) is 18.0 Å². The Kier molecular flexibility index (Phi) is 8.39. The van der Waals surface area contributed by atoms with Crippen LogP contribution >= 0.6 is 0 Å². The highest BCUT2D eigenvalue weighted by Gasteiger charge is 2.28. The summed E-state index contributed by atoms with van der Waals surface area (Å²) in [6.45, 7) is 11.8. The molecule has 1 N–H and O–H groups in total. The number of nitrogens with zero attached hydrogens (tertiary/aromatic N) is 1. The Morgan fingerprint density at radius 3 is 2.03 bits per heavy atom. The van der Waals surface area contributed by atoms with Crippen LogP contribution in [0.2, 0.25) is 0 Å². The molecule has 0 saturated carbocycles. The first-order valence-corrected chi connectivity index (χ1v) is 13.5. The molecule has 6 heteroatoms. The smallest absolute Gasteiger partial charge is 0.264 e. The van der Waals surface area contributed by atoms with Crippen molar-refractivity contribution in [3.8, 4) is 0 Å². The van der Waals surface area contributed by atoms with Gasteiger partial charge in [0.2, 0.25) is 5.91 Å². The second-order valence-electron chi connectivity index (χ2n) is 9.46. The first kappa shape index (κ1) is 26.5. The fourth-order valence-corrected chi connectivity index (χ4v) is 5.59. The molecule has 0 bridgehead atoms. The molecule has 0 fully saturated rings. The van der Waals surface area contributed by atoms with Crippen LogP contribution in [0.3, 0.4) is 0 Å². The second-order valence-corrected chi connectivity index (χ2v) is 11.3. The van der Waals surface area contributed by atoms with Crippen molar-refractivity contribution in [1.82, 2.24) is 5.32 Å². The van der Waals surface area contributed by atoms with Crippen LogP contribution in [0.5, 0.6) is 0 Å². The predicted octanol–water partition coefficient (Wildman–Crippen LogP) is 6.20. The van der Waals surface area contributed by atoms with Crippen LogP contribution < -0.4 is 9.62 Å². The van der Waals surface area contributed by atoms with Crippen molar-refractivity contribution >= 4 is 21.6 Å². The maximum absolute atomic E-state index is 13.7. The van der Waals surface area contributed by atoms with E-state index in [1.807, 2.05) is 52.0 Å². The monoisotopic (exact) mass is 492 g/mol. The number of rotatable bonds is 9. The van der Waals surface area contributed by atoms with Crippen LogP contribution in [0.15, 0.2) is 71.6 Å². The zero-order valence-corrected chi connectivity index (χ0v) is 22.3. The predicted molar refractivity (Wildman–Crippen MR) is 143 cm³/mol. The lowest BCUT2D eigenvalue weighted by Crippen LogP contribution is -2.42. The summed E-state index contributed by atoms with van der Waals surface area (Å²) in [5, 5.41) is 3.06. The number of anilines is 1. The van der Waals surface area contributed by atoms with Crippen LogP contribution in [0.25, 0.3) is 0 Å². The van der Waals surface area contributed by atoms with Crippen molar-refractivity contribution in [3.05, 3.63) is 94.5 Å². The number of hydrogen-bond acceptors (Lipinski definition) is 3. The van der Waals surface area contributed by atoms with Gasteiger partial charge in [0, 0.05) is 0 Å². The van der Waals surface area contributed by atoms with Crippen molar-refractivity contribution in [3.63, 3.8) is 0 Å². The molecular formula is C29H36N2O3S. The Morgan fingerprint density at radius 2 is 1.49 bits per heavy atom. The van der Waals surface area contributed by atoms with Crippen molar-refractivity contribution in [1.29, 1.82) is 0 Å². The lowest BCUT2D eigenvalue weighted by Gasteiger charge is -2.26. The van der Waals surface area contributed by atoms with Crippen molar-refractivity contribution in [2.75, 3.05) is 10.8 Å². The second kappa shape index (κ2) is 11.1. The average molecular weight is 493 g/mol. The largest absolute Gasteiger partial charge is 0.348 e. The molecule has 0 saturated heterocycles. The minimum atomic E-state index is -3.95. The Balaban J connectivity index is 1.94. The van der Waals surface area contributed by atoms with Gasteiger partial charge in [-0.2, -0.15) is 0 Å². The summed E-state index contributed by atoms with van der Waals surface area (Å²) in [6, 6.07) is 20.0. The number of carbonyl (C=O) groups excluding carboxylic acids is 1. The summed E-state index contributed by atoms with van der Waals surface area (Å²) in [7, 11) is -3.95. The van der Waals surface area contributed by atoms with E-state index in [4.69, 9.17) is 0 Å². The molecule has 1 atom stereocenters. The molecule has 186 valence electrons. The number of hydrogen-bond donors (Lipinski definition) is 1. The molecule has 0 spiro atoms. The van der Waals surface area contributed by atoms with E-state index in [1.165, 1.54) is 4.31 Å². The van der Waals surface area contributed by atoms with Crippen LogP contribution in [0, 0.1) is 20.8 Å². The summed E-state index contributed by atoms with van der Waals surface area (Å²) in [4.78, 5) is 13.4. The average Bonchev–Trinajstić information content (AvgIpc) is 2.81. The van der Waals surface area contributed by atoms with Gasteiger partial charge in [-0.3, -0.25) is 9.10 Å². The van der Waals surface area contributed by atoms with Gasteiger partial charge in [0.15, 0.2) is 0 Å². The van der Waals surface area contributed by atoms with E-state index in [2.05, 4.69) is 25.2 Å². The highest BCUT2D eigenvalue weighted by atomic mass is 32.2. The van der Waals surface area contributed by atoms with E-state index in [9.17, 15) is 13.2 Å². The summed E-state index contributed by atoms with van der Waals surface area (Å²) < 4.78 is 28.5. The zero-order chi connectivity index (χ0) is 25.8. The number of carbonyl (C=O) groups is 1. The van der Waals surface area contributed by atoms with Gasteiger partial charge in [0.1, 0.15) is 6.54 Å². The molecule has 0 aromatic heterocycles. The lowest BCUT2D eigenvalue weighted by molar-refractivity contribution is -0.120. The number of nitrogens with one attached hydrogen (secondary N) is 1. The summed E-state index contributed by atoms with van der Waals surface area (Å²) >= 11 is 0. The Hall–Kier alpha value is -3.12. The van der Waals surface area contributed by atoms with Gasteiger partial charge in [-0.1, -0.05) is 74.4 Å². The van der Waals surface area contributed by atoms with Crippen LogP contribution in [0.1, 0.15) is 67.0 Å². The molecule has 3 aromatic carbocycles. The molecule has 35 heavy (non-hydrogen) atoms. The first-order chi connectivity index (χ1) is 16.5. The minimum absolute atomic E-state index is 0.158. The van der Waals surface area contributed by atoms with Crippen LogP contribution in [0.4, 0.5) is 5.69 Å². The van der Waals surface area contributed by atoms with E-state index in [0.717, 1.165) is 27.8 Å². The molecule has 0 radical (unpaired) electrons. The molecular weight excluding hydrogens is 456 g/mol. The van der Waals surface area contributed by atoms with Crippen molar-refractivity contribution < 1.29 is 13.2 Å². The molecule has 0 aliphatic heterocycles. The first-order valence-electron chi connectivity index (χ1n) is 12.1. The van der Waals surface area contributed by atoms with Crippen LogP contribution in [-0.4, -0.2) is 20.9 Å². The van der Waals surface area contributed by atoms with E-state index in [-0.39, 0.29) is 23.4 Å². The maximum Gasteiger partial charge on any atom is 0.264 e. The van der Waals surface area contributed by atoms with E-state index >= 15 is 0 Å². The highest BCUT2D eigenvalue weighted by molar-refractivity contribution is 7.92. The highest BCUT2D eigenvalue weighted by Crippen LogP contribution is 2.27. The molecule has 1 amide bonds. The summed E-state index contributed by atoms with van der Waals surface area (Å²) in [5.41, 5.74) is 5.84. The Morgan fingerprint density at radius 1 is 0.886 bits per heavy atom. The molecule has 3 aromatic rings. The number of benzene rings is 3. The van der Waals surface area contributed by atoms with Crippen molar-refractivity contribution in [2.45, 2.75) is 64.8 Å². The third-order valence-corrected chi connectivity index (χ3v) is 8.08. The van der Waals surface area contributed by atoms with Gasteiger partial charge in [0.05, 0.1) is 16.6 Å². The van der Waals surface area contributed by atoms with Gasteiger partial charge < -0.3 is 5.32 Å². The van der Waals surface area contributed by atoms with Gasteiger partial charge >= 0.3 is 0 Å². The molecule has 0 aliphatic rings. The standard InChI is InChI=1S/C29H36N2O3S/c1-7-28(27-17-10-22(5)18-23(27)6)30-29(32)19-31(25-13-11-24(12-14-25)20(2)3)35(33,34)26-15-8-21(4)9-16-26/h8-18,20,28H,7,19H2,1-6H3,(H,30,32). The normalized spacial score (nSPS) is 12.4. The molecule has 5 nitrogen and oxygen atoms in total. The molecule has 0 heterocycles. The number of sulfonamides is 1. The topological polar surface area (TPSA) is 66.5 Å². The number of amides is 1. The fourth-order valence-electron chi connectivity index (χ4n) is 4.16. The van der Waals surface area contributed by atoms with Gasteiger partial charge in [-0.25, -0.2) is 8.42 Å². The summed E-state index contributed by atoms with van der Waals surface area (Å²) in [5.74, 6) is -0.0296. The third-order valence-electron chi connectivity index (χ3n) is 6.29. The Labute approximate surface area is 210 Å². The molecule has 1 unspecified atom stereocenters. The third kappa shape index (κ3) is 6.31. The fraction of sp³-hybridized carbons (Fsp3) is 0.345. The Bertz CT molecular complexity index is 1260. The molecule has 3 rings (SSSR count). The lowest BCUT2D eigenvalue weighted by atomic mass is 9.97. The quantitative estimate of drug-likeness (QED) is 0.387. The molecule has 0 aliphatic carbocycles. The number of aryl methyl sites for hydroxylation is 3.